The second kappa shape index (κ2) is 13.7. The normalized spacial score (nSPS) is 28.6. The van der Waals surface area contributed by atoms with E-state index in [2.05, 4.69) is 9.62 Å². The molecule has 2 bridgehead atoms. The number of aliphatic hydroxyl groups is 1. The molecule has 1 aliphatic carbocycles. The first-order valence-corrected chi connectivity index (χ1v) is 17.8. The maximum atomic E-state index is 13.9. The smallest absolute Gasteiger partial charge is 0.414 e. The SMILES string of the molecule is CC1CCC[C@@H]([C@H](O)C(F)(F)F)C2CCC2CN2CCCCc3cc(Cl)ccc3COc3ccc(cc32)C(=O)NS(=O)(=O)C1C. The molecular weight excluding hydrogens is 629 g/mol. The van der Waals surface area contributed by atoms with Crippen molar-refractivity contribution in [2.24, 2.45) is 23.7 Å². The van der Waals surface area contributed by atoms with Gasteiger partial charge in [-0.25, -0.2) is 13.1 Å². The molecule has 2 N–H and O–H groups in total. The number of aryl methyl sites for hydroxylation is 1. The number of hydrogen-bond donors (Lipinski definition) is 2. The number of amides is 1. The molecule has 1 fully saturated rings. The molecule has 2 aliphatic heterocycles. The minimum Gasteiger partial charge on any atom is -0.487 e. The van der Waals surface area contributed by atoms with Crippen LogP contribution in [0.25, 0.3) is 0 Å². The highest BCUT2D eigenvalue weighted by atomic mass is 35.5. The summed E-state index contributed by atoms with van der Waals surface area (Å²) in [7, 11) is -4.08. The second-order valence-corrected chi connectivity index (χ2v) is 15.5. The van der Waals surface area contributed by atoms with E-state index in [1.165, 1.54) is 13.0 Å². The third-order valence-electron chi connectivity index (χ3n) is 10.2. The molecule has 45 heavy (non-hydrogen) atoms. The Bertz CT molecular complexity index is 1490. The number of nitrogens with zero attached hydrogens (tertiary/aromatic N) is 1. The minimum atomic E-state index is -4.75. The van der Waals surface area contributed by atoms with Gasteiger partial charge in [-0.3, -0.25) is 4.79 Å². The van der Waals surface area contributed by atoms with Crippen molar-refractivity contribution in [3.63, 3.8) is 0 Å². The standard InChI is InChI=1S/C33H42ClF3N2O5S/c1-20-6-5-8-28(31(40)33(35,36)37)27-13-10-24(27)18-39-15-4-3-7-22-16-26(34)12-9-25(22)19-44-30-14-11-23(17-29(30)39)32(41)38-45(42,43)21(20)2/h9,11-12,14,16-17,20-21,24,27-28,31,40H,3-8,10,13,15,18-19H2,1-2H3,(H,38,41)/t20?,21?,24?,27?,28-,31+/m1/s1. The number of carbonyl (C=O) groups is 1. The number of nitrogens with one attached hydrogen (secondary N) is 1. The van der Waals surface area contributed by atoms with Crippen molar-refractivity contribution >= 4 is 33.2 Å². The van der Waals surface area contributed by atoms with Crippen LogP contribution in [0.1, 0.15) is 80.3 Å². The number of rotatable bonds is 1. The summed E-state index contributed by atoms with van der Waals surface area (Å²) in [5.74, 6) is -2.09. The van der Waals surface area contributed by atoms with E-state index < -0.39 is 45.3 Å². The summed E-state index contributed by atoms with van der Waals surface area (Å²) in [5.41, 5.74) is 2.79. The van der Waals surface area contributed by atoms with Gasteiger partial charge in [-0.1, -0.05) is 31.0 Å². The topological polar surface area (TPSA) is 95.9 Å². The van der Waals surface area contributed by atoms with E-state index in [-0.39, 0.29) is 30.4 Å². The number of anilines is 1. The largest absolute Gasteiger partial charge is 0.487 e. The van der Waals surface area contributed by atoms with E-state index >= 15 is 0 Å². The van der Waals surface area contributed by atoms with Gasteiger partial charge in [-0.15, -0.1) is 0 Å². The van der Waals surface area contributed by atoms with Crippen molar-refractivity contribution in [2.75, 3.05) is 18.0 Å². The fourth-order valence-corrected chi connectivity index (χ4v) is 8.60. The average molecular weight is 671 g/mol. The zero-order chi connectivity index (χ0) is 32.5. The number of aliphatic hydroxyl groups excluding tert-OH is 1. The van der Waals surface area contributed by atoms with E-state index in [0.717, 1.165) is 36.8 Å². The average Bonchev–Trinajstić information content (AvgIpc) is 2.99. The van der Waals surface area contributed by atoms with Gasteiger partial charge in [-0.2, -0.15) is 13.2 Å². The highest BCUT2D eigenvalue weighted by molar-refractivity contribution is 7.90. The quantitative estimate of drug-likeness (QED) is 0.343. The molecule has 2 heterocycles. The minimum absolute atomic E-state index is 0.0944. The maximum absolute atomic E-state index is 13.9. The molecule has 4 unspecified atom stereocenters. The van der Waals surface area contributed by atoms with E-state index in [1.807, 2.05) is 18.2 Å². The lowest BCUT2D eigenvalue weighted by Crippen LogP contribution is -2.48. The van der Waals surface area contributed by atoms with Gasteiger partial charge in [0.2, 0.25) is 10.0 Å². The van der Waals surface area contributed by atoms with Gasteiger partial charge < -0.3 is 14.7 Å². The van der Waals surface area contributed by atoms with Crippen molar-refractivity contribution in [3.8, 4) is 5.75 Å². The van der Waals surface area contributed by atoms with Gasteiger partial charge in [0.05, 0.1) is 10.9 Å². The first kappa shape index (κ1) is 33.9. The van der Waals surface area contributed by atoms with Gasteiger partial charge in [0.25, 0.3) is 5.91 Å². The van der Waals surface area contributed by atoms with Crippen LogP contribution in [0, 0.1) is 23.7 Å². The molecule has 6 atom stereocenters. The number of halogens is 4. The number of ether oxygens (including phenoxy) is 1. The lowest BCUT2D eigenvalue weighted by molar-refractivity contribution is -0.231. The Morgan fingerprint density at radius 1 is 1.02 bits per heavy atom. The van der Waals surface area contributed by atoms with Crippen LogP contribution in [-0.2, 0) is 23.1 Å². The number of fused-ring (bicyclic) bond motifs is 3. The van der Waals surface area contributed by atoms with E-state index in [4.69, 9.17) is 16.3 Å². The molecule has 248 valence electrons. The zero-order valence-electron chi connectivity index (χ0n) is 25.7. The third-order valence-corrected chi connectivity index (χ3v) is 12.3. The summed E-state index contributed by atoms with van der Waals surface area (Å²) < 4.78 is 76.7. The van der Waals surface area contributed by atoms with Gasteiger partial charge in [0.1, 0.15) is 12.4 Å². The van der Waals surface area contributed by atoms with Crippen molar-refractivity contribution in [2.45, 2.75) is 89.4 Å². The van der Waals surface area contributed by atoms with Gasteiger partial charge >= 0.3 is 6.18 Å². The maximum Gasteiger partial charge on any atom is 0.414 e. The fraction of sp³-hybridized carbons (Fsp3) is 0.606. The fourth-order valence-electron chi connectivity index (χ4n) is 7.09. The number of hydrogen-bond acceptors (Lipinski definition) is 6. The Hall–Kier alpha value is -2.50. The van der Waals surface area contributed by atoms with Gasteiger partial charge in [0.15, 0.2) is 6.10 Å². The molecule has 1 saturated carbocycles. The number of sulfonamides is 1. The van der Waals surface area contributed by atoms with Gasteiger partial charge in [0, 0.05) is 23.7 Å². The van der Waals surface area contributed by atoms with Crippen LogP contribution in [0.3, 0.4) is 0 Å². The monoisotopic (exact) mass is 670 g/mol. The first-order chi connectivity index (χ1) is 21.2. The molecule has 0 radical (unpaired) electrons. The summed E-state index contributed by atoms with van der Waals surface area (Å²) >= 11 is 6.28. The predicted octanol–water partition coefficient (Wildman–Crippen LogP) is 6.90. The van der Waals surface area contributed by atoms with E-state index in [9.17, 15) is 31.5 Å². The third kappa shape index (κ3) is 7.73. The van der Waals surface area contributed by atoms with Crippen molar-refractivity contribution in [1.82, 2.24) is 4.72 Å². The molecular formula is C33H42ClF3N2O5S. The summed E-state index contributed by atoms with van der Waals surface area (Å²) in [5, 5.41) is 10.2. The molecule has 2 aromatic rings. The van der Waals surface area contributed by atoms with E-state index in [1.54, 1.807) is 19.1 Å². The molecule has 0 spiro atoms. The Morgan fingerprint density at radius 2 is 1.80 bits per heavy atom. The highest BCUT2D eigenvalue weighted by Gasteiger charge is 2.50. The van der Waals surface area contributed by atoms with Crippen LogP contribution in [-0.4, -0.2) is 50.1 Å². The van der Waals surface area contributed by atoms with Crippen LogP contribution < -0.4 is 14.4 Å². The highest BCUT2D eigenvalue weighted by Crippen LogP contribution is 2.47. The summed E-state index contributed by atoms with van der Waals surface area (Å²) in [6, 6.07) is 10.5. The van der Waals surface area contributed by atoms with E-state index in [0.29, 0.717) is 48.8 Å². The molecule has 3 aliphatic rings. The zero-order valence-corrected chi connectivity index (χ0v) is 27.2. The van der Waals surface area contributed by atoms with Gasteiger partial charge in [-0.05, 0) is 117 Å². The van der Waals surface area contributed by atoms with Crippen LogP contribution in [0.15, 0.2) is 36.4 Å². The first-order valence-electron chi connectivity index (χ1n) is 15.8. The van der Waals surface area contributed by atoms with Crippen molar-refractivity contribution < 1.29 is 36.2 Å². The van der Waals surface area contributed by atoms with Crippen LogP contribution in [0.5, 0.6) is 5.75 Å². The molecule has 7 nitrogen and oxygen atoms in total. The molecule has 5 rings (SSSR count). The van der Waals surface area contributed by atoms with Crippen molar-refractivity contribution in [3.05, 3.63) is 58.1 Å². The Morgan fingerprint density at radius 3 is 2.51 bits per heavy atom. The van der Waals surface area contributed by atoms with Crippen LogP contribution >= 0.6 is 11.6 Å². The molecule has 12 heteroatoms. The molecule has 2 aromatic carbocycles. The predicted molar refractivity (Wildman–Crippen MR) is 168 cm³/mol. The number of alkyl halides is 3. The lowest BCUT2D eigenvalue weighted by atomic mass is 9.63. The number of benzene rings is 2. The molecule has 0 saturated heterocycles. The van der Waals surface area contributed by atoms with Crippen LogP contribution in [0.2, 0.25) is 5.02 Å². The second-order valence-electron chi connectivity index (χ2n) is 13.0. The molecule has 0 aromatic heterocycles. The van der Waals surface area contributed by atoms with Crippen molar-refractivity contribution in [1.29, 1.82) is 0 Å². The number of carbonyl (C=O) groups excluding carboxylic acids is 1. The van der Waals surface area contributed by atoms with Crippen LogP contribution in [0.4, 0.5) is 18.9 Å². The summed E-state index contributed by atoms with van der Waals surface area (Å²) in [6.07, 6.45) is -2.70. The Labute approximate surface area is 268 Å². The Kier molecular flexibility index (Phi) is 10.3. The Balaban J connectivity index is 1.55. The summed E-state index contributed by atoms with van der Waals surface area (Å²) in [6.45, 7) is 4.45. The lowest BCUT2D eigenvalue weighted by Gasteiger charge is -2.46. The summed E-state index contributed by atoms with van der Waals surface area (Å²) in [4.78, 5) is 15.4. The molecule has 1 amide bonds.